The van der Waals surface area contributed by atoms with Gasteiger partial charge in [0, 0.05) is 58.6 Å². The highest BCUT2D eigenvalue weighted by atomic mass is 19.4. The molecule has 10 heteroatoms. The van der Waals surface area contributed by atoms with E-state index in [-0.39, 0.29) is 6.54 Å². The average molecular weight is 445 g/mol. The molecule has 2 unspecified atom stereocenters. The maximum absolute atomic E-state index is 13.7. The lowest BCUT2D eigenvalue weighted by molar-refractivity contribution is -0.272. The molecule has 3 rings (SSSR count). The lowest BCUT2D eigenvalue weighted by atomic mass is 9.98. The minimum atomic E-state index is -4.84. The first-order valence-electron chi connectivity index (χ1n) is 11.3. The van der Waals surface area contributed by atoms with Gasteiger partial charge in [0.15, 0.2) is 5.96 Å². The highest BCUT2D eigenvalue weighted by molar-refractivity contribution is 5.80. The number of guanidine groups is 1. The number of hydrogen-bond acceptors (Lipinski definition) is 4. The first-order chi connectivity index (χ1) is 14.7. The molecule has 2 saturated heterocycles. The fourth-order valence-electron chi connectivity index (χ4n) is 4.58. The van der Waals surface area contributed by atoms with Crippen LogP contribution in [0.4, 0.5) is 13.2 Å². The van der Waals surface area contributed by atoms with Crippen molar-refractivity contribution in [2.75, 3.05) is 45.8 Å². The van der Waals surface area contributed by atoms with Crippen LogP contribution >= 0.6 is 0 Å². The van der Waals surface area contributed by atoms with Crippen LogP contribution in [0.3, 0.4) is 0 Å². The Balaban J connectivity index is 1.63. The van der Waals surface area contributed by atoms with Crippen molar-refractivity contribution in [1.82, 2.24) is 24.7 Å². The Morgan fingerprint density at radius 2 is 2.00 bits per heavy atom. The molecule has 31 heavy (non-hydrogen) atoms. The van der Waals surface area contributed by atoms with E-state index in [0.29, 0.717) is 18.4 Å². The summed E-state index contributed by atoms with van der Waals surface area (Å²) in [4.78, 5) is 12.8. The third kappa shape index (κ3) is 5.71. The molecule has 2 aliphatic heterocycles. The van der Waals surface area contributed by atoms with Gasteiger partial charge >= 0.3 is 6.18 Å². The SMILES string of the molecule is CCNC(=NCCC(O)(c1nccn1C)C(F)(F)F)N1CCC(CN2CCCCC2)C1. The van der Waals surface area contributed by atoms with Crippen molar-refractivity contribution < 1.29 is 18.3 Å². The molecule has 0 saturated carbocycles. The predicted molar refractivity (Wildman–Crippen MR) is 114 cm³/mol. The van der Waals surface area contributed by atoms with Crippen LogP contribution in [0.25, 0.3) is 0 Å². The first kappa shape index (κ1) is 23.8. The standard InChI is InChI=1S/C21H35F3N6O/c1-3-25-19(30-13-7-17(16-30)15-29-11-5-4-6-12-29)27-9-8-20(31,21(22,23)24)18-26-10-14-28(18)2/h10,14,17,31H,3-9,11-13,15-16H2,1-2H3,(H,25,27). The van der Waals surface area contributed by atoms with E-state index in [1.807, 2.05) is 6.92 Å². The van der Waals surface area contributed by atoms with Crippen molar-refractivity contribution >= 4 is 5.96 Å². The van der Waals surface area contributed by atoms with Gasteiger partial charge in [-0.15, -0.1) is 0 Å². The average Bonchev–Trinajstić information content (AvgIpc) is 3.36. The number of aliphatic hydroxyl groups is 1. The van der Waals surface area contributed by atoms with Gasteiger partial charge < -0.3 is 24.8 Å². The Morgan fingerprint density at radius 3 is 2.61 bits per heavy atom. The summed E-state index contributed by atoms with van der Waals surface area (Å²) in [6, 6.07) is 0. The number of hydrogen-bond donors (Lipinski definition) is 2. The van der Waals surface area contributed by atoms with Gasteiger partial charge in [0.25, 0.3) is 0 Å². The zero-order valence-corrected chi connectivity index (χ0v) is 18.5. The predicted octanol–water partition coefficient (Wildman–Crippen LogP) is 2.33. The Bertz CT molecular complexity index is 731. The Kier molecular flexibility index (Phi) is 7.85. The molecular weight excluding hydrogens is 409 g/mol. The number of aliphatic imine (C=N–C) groups is 1. The summed E-state index contributed by atoms with van der Waals surface area (Å²) < 4.78 is 42.3. The van der Waals surface area contributed by atoms with E-state index in [2.05, 4.69) is 25.1 Å². The largest absolute Gasteiger partial charge is 0.424 e. The van der Waals surface area contributed by atoms with Gasteiger partial charge in [-0.25, -0.2) is 4.98 Å². The third-order valence-corrected chi connectivity index (χ3v) is 6.28. The molecule has 0 bridgehead atoms. The Labute approximate surface area is 182 Å². The fraction of sp³-hybridized carbons (Fsp3) is 0.810. The van der Waals surface area contributed by atoms with Crippen LogP contribution < -0.4 is 5.32 Å². The zero-order chi connectivity index (χ0) is 22.5. The van der Waals surface area contributed by atoms with E-state index in [0.717, 1.165) is 39.1 Å². The second-order valence-electron chi connectivity index (χ2n) is 8.67. The maximum atomic E-state index is 13.7. The molecule has 0 amide bonds. The van der Waals surface area contributed by atoms with Crippen LogP contribution in [-0.2, 0) is 12.6 Å². The Hall–Kier alpha value is -1.81. The van der Waals surface area contributed by atoms with Gasteiger partial charge in [0.05, 0.1) is 0 Å². The number of nitrogens with zero attached hydrogens (tertiary/aromatic N) is 5. The fourth-order valence-corrected chi connectivity index (χ4v) is 4.58. The van der Waals surface area contributed by atoms with E-state index in [1.54, 1.807) is 0 Å². The van der Waals surface area contributed by atoms with Gasteiger partial charge in [0.2, 0.25) is 5.60 Å². The molecule has 0 spiro atoms. The third-order valence-electron chi connectivity index (χ3n) is 6.28. The van der Waals surface area contributed by atoms with Crippen molar-refractivity contribution in [3.05, 3.63) is 18.2 Å². The summed E-state index contributed by atoms with van der Waals surface area (Å²) in [6.07, 6.45) is 2.12. The van der Waals surface area contributed by atoms with Crippen LogP contribution in [0, 0.1) is 5.92 Å². The number of aryl methyl sites for hydroxylation is 1. The maximum Gasteiger partial charge on any atom is 0.424 e. The van der Waals surface area contributed by atoms with Crippen LogP contribution in [0.1, 0.15) is 44.9 Å². The van der Waals surface area contributed by atoms with E-state index >= 15 is 0 Å². The minimum Gasteiger partial charge on any atom is -0.374 e. The van der Waals surface area contributed by atoms with Crippen molar-refractivity contribution in [3.63, 3.8) is 0 Å². The summed E-state index contributed by atoms with van der Waals surface area (Å²) >= 11 is 0. The van der Waals surface area contributed by atoms with Crippen molar-refractivity contribution in [2.45, 2.75) is 50.8 Å². The van der Waals surface area contributed by atoms with Crippen molar-refractivity contribution in [3.8, 4) is 0 Å². The first-order valence-corrected chi connectivity index (χ1v) is 11.3. The second-order valence-corrected chi connectivity index (χ2v) is 8.67. The number of imidazole rings is 1. The van der Waals surface area contributed by atoms with Gasteiger partial charge in [0.1, 0.15) is 5.82 Å². The molecule has 2 atom stereocenters. The Morgan fingerprint density at radius 1 is 1.26 bits per heavy atom. The molecule has 2 aliphatic rings. The highest BCUT2D eigenvalue weighted by Gasteiger charge is 2.57. The summed E-state index contributed by atoms with van der Waals surface area (Å²) in [6.45, 7) is 7.51. The summed E-state index contributed by atoms with van der Waals surface area (Å²) in [5.41, 5.74) is -3.03. The number of piperidine rings is 1. The summed E-state index contributed by atoms with van der Waals surface area (Å²) in [5.74, 6) is 0.748. The second kappa shape index (κ2) is 10.2. The minimum absolute atomic E-state index is 0.154. The van der Waals surface area contributed by atoms with Crippen molar-refractivity contribution in [1.29, 1.82) is 0 Å². The molecule has 0 radical (unpaired) electrons. The van der Waals surface area contributed by atoms with Gasteiger partial charge in [-0.05, 0) is 45.2 Å². The van der Waals surface area contributed by atoms with Crippen molar-refractivity contribution in [2.24, 2.45) is 18.0 Å². The lowest BCUT2D eigenvalue weighted by Crippen LogP contribution is -2.45. The topological polar surface area (TPSA) is 68.9 Å². The quantitative estimate of drug-likeness (QED) is 0.499. The normalized spacial score (nSPS) is 23.2. The van der Waals surface area contributed by atoms with E-state index in [1.165, 1.54) is 43.3 Å². The van der Waals surface area contributed by atoms with Gasteiger partial charge in [-0.3, -0.25) is 4.99 Å². The smallest absolute Gasteiger partial charge is 0.374 e. The molecule has 1 aromatic rings. The summed E-state index contributed by atoms with van der Waals surface area (Å²) in [5, 5.41) is 13.7. The molecule has 176 valence electrons. The monoisotopic (exact) mass is 444 g/mol. The van der Waals surface area contributed by atoms with Crippen LogP contribution in [0.2, 0.25) is 0 Å². The number of nitrogens with one attached hydrogen (secondary N) is 1. The molecule has 2 N–H and O–H groups in total. The lowest BCUT2D eigenvalue weighted by Gasteiger charge is -2.30. The van der Waals surface area contributed by atoms with E-state index in [9.17, 15) is 18.3 Å². The van der Waals surface area contributed by atoms with Crippen LogP contribution in [0.15, 0.2) is 17.4 Å². The number of aromatic nitrogens is 2. The molecule has 1 aromatic heterocycles. The van der Waals surface area contributed by atoms with E-state index in [4.69, 9.17) is 0 Å². The molecule has 7 nitrogen and oxygen atoms in total. The van der Waals surface area contributed by atoms with Gasteiger partial charge in [-0.2, -0.15) is 13.2 Å². The van der Waals surface area contributed by atoms with E-state index < -0.39 is 24.0 Å². The van der Waals surface area contributed by atoms with Crippen LogP contribution in [-0.4, -0.2) is 82.4 Å². The van der Waals surface area contributed by atoms with Gasteiger partial charge in [-0.1, -0.05) is 6.42 Å². The number of likely N-dealkylation sites (tertiary alicyclic amines) is 2. The molecule has 2 fully saturated rings. The molecule has 0 aromatic carbocycles. The highest BCUT2D eigenvalue weighted by Crippen LogP contribution is 2.40. The molecule has 3 heterocycles. The number of rotatable bonds is 7. The summed E-state index contributed by atoms with van der Waals surface area (Å²) in [7, 11) is 1.44. The molecule has 0 aliphatic carbocycles. The van der Waals surface area contributed by atoms with Crippen LogP contribution in [0.5, 0.6) is 0 Å². The zero-order valence-electron chi connectivity index (χ0n) is 18.5. The molecular formula is C21H35F3N6O. The number of alkyl halides is 3. The number of halogens is 3.